The van der Waals surface area contributed by atoms with Gasteiger partial charge in [-0.25, -0.2) is 4.79 Å². The first-order valence-corrected chi connectivity index (χ1v) is 6.30. The number of amides is 1. The molecule has 0 unspecified atom stereocenters. The van der Waals surface area contributed by atoms with Gasteiger partial charge in [0.2, 0.25) is 0 Å². The molecule has 1 aromatic heterocycles. The largest absolute Gasteiger partial charge is 0.478 e. The van der Waals surface area contributed by atoms with Crippen LogP contribution >= 0.6 is 23.2 Å². The number of carboxylic acid groups (broad SMARTS) is 1. The Morgan fingerprint density at radius 2 is 2.00 bits per heavy atom. The molecule has 0 bridgehead atoms. The molecule has 5 nitrogen and oxygen atoms in total. The molecule has 0 spiro atoms. The number of nitrogens with one attached hydrogen (secondary N) is 1. The Kier molecular flexibility index (Phi) is 4.01. The topological polar surface area (TPSA) is 71.3 Å². The van der Waals surface area contributed by atoms with Crippen molar-refractivity contribution in [3.05, 3.63) is 51.8 Å². The van der Waals surface area contributed by atoms with Crippen molar-refractivity contribution in [2.75, 3.05) is 5.32 Å². The van der Waals surface area contributed by atoms with E-state index >= 15 is 0 Å². The molecule has 7 heteroatoms. The molecule has 104 valence electrons. The lowest BCUT2D eigenvalue weighted by Gasteiger charge is -2.10. The van der Waals surface area contributed by atoms with Crippen LogP contribution in [0.1, 0.15) is 20.8 Å². The van der Waals surface area contributed by atoms with Crippen LogP contribution in [-0.4, -0.2) is 21.6 Å². The van der Waals surface area contributed by atoms with Gasteiger partial charge in [0.1, 0.15) is 11.3 Å². The molecular weight excluding hydrogens is 303 g/mol. The van der Waals surface area contributed by atoms with Crippen LogP contribution in [0, 0.1) is 0 Å². The molecule has 0 atom stereocenters. The van der Waals surface area contributed by atoms with Gasteiger partial charge in [-0.2, -0.15) is 0 Å². The number of carbonyl (C=O) groups excluding carboxylic acids is 1. The van der Waals surface area contributed by atoms with Crippen LogP contribution in [-0.2, 0) is 7.05 Å². The van der Waals surface area contributed by atoms with Crippen LogP contribution in [0.2, 0.25) is 10.0 Å². The van der Waals surface area contributed by atoms with Gasteiger partial charge >= 0.3 is 5.97 Å². The highest BCUT2D eigenvalue weighted by Crippen LogP contribution is 2.25. The number of aromatic nitrogens is 1. The highest BCUT2D eigenvalue weighted by atomic mass is 35.5. The van der Waals surface area contributed by atoms with Gasteiger partial charge < -0.3 is 15.0 Å². The zero-order chi connectivity index (χ0) is 14.9. The monoisotopic (exact) mass is 312 g/mol. The van der Waals surface area contributed by atoms with E-state index in [2.05, 4.69) is 5.32 Å². The normalized spacial score (nSPS) is 10.3. The Morgan fingerprint density at radius 3 is 2.55 bits per heavy atom. The third kappa shape index (κ3) is 2.79. The third-order valence-electron chi connectivity index (χ3n) is 2.68. The Hall–Kier alpha value is -1.98. The third-order valence-corrected chi connectivity index (χ3v) is 3.20. The molecule has 0 aliphatic carbocycles. The zero-order valence-corrected chi connectivity index (χ0v) is 11.9. The molecular formula is C13H10Cl2N2O3. The molecule has 1 heterocycles. The van der Waals surface area contributed by atoms with Crippen molar-refractivity contribution in [3.8, 4) is 0 Å². The quantitative estimate of drug-likeness (QED) is 0.913. The predicted octanol–water partition coefficient (Wildman–Crippen LogP) is 3.28. The number of benzene rings is 1. The number of nitrogens with zero attached hydrogens (tertiary/aromatic N) is 1. The number of carboxylic acids is 1. The lowest BCUT2D eigenvalue weighted by atomic mass is 10.1. The van der Waals surface area contributed by atoms with E-state index in [4.69, 9.17) is 28.3 Å². The van der Waals surface area contributed by atoms with Crippen LogP contribution in [0.5, 0.6) is 0 Å². The average molecular weight is 313 g/mol. The number of carbonyl (C=O) groups is 2. The first-order chi connectivity index (χ1) is 9.40. The van der Waals surface area contributed by atoms with Crippen molar-refractivity contribution < 1.29 is 14.7 Å². The maximum absolute atomic E-state index is 12.1. The number of aromatic carboxylic acids is 1. The molecule has 2 N–H and O–H groups in total. The molecule has 2 aromatic rings. The number of aryl methyl sites for hydroxylation is 1. The number of rotatable bonds is 3. The molecule has 0 fully saturated rings. The second-order valence-electron chi connectivity index (χ2n) is 4.08. The number of hydrogen-bond acceptors (Lipinski definition) is 2. The maximum Gasteiger partial charge on any atom is 0.339 e. The van der Waals surface area contributed by atoms with Crippen LogP contribution in [0.4, 0.5) is 5.69 Å². The van der Waals surface area contributed by atoms with Gasteiger partial charge in [0.25, 0.3) is 5.91 Å². The molecule has 0 radical (unpaired) electrons. The van der Waals surface area contributed by atoms with Crippen molar-refractivity contribution >= 4 is 40.8 Å². The maximum atomic E-state index is 12.1. The van der Waals surface area contributed by atoms with Gasteiger partial charge in [0, 0.05) is 13.2 Å². The highest BCUT2D eigenvalue weighted by molar-refractivity contribution is 6.34. The van der Waals surface area contributed by atoms with E-state index in [1.165, 1.54) is 18.2 Å². The highest BCUT2D eigenvalue weighted by Gasteiger charge is 2.18. The van der Waals surface area contributed by atoms with E-state index in [1.807, 2.05) is 0 Å². The summed E-state index contributed by atoms with van der Waals surface area (Å²) in [5.41, 5.74) is 0.293. The number of anilines is 1. The molecule has 2 rings (SSSR count). The van der Waals surface area contributed by atoms with Crippen LogP contribution in [0.3, 0.4) is 0 Å². The molecule has 0 aliphatic heterocycles. The van der Waals surface area contributed by atoms with Gasteiger partial charge in [-0.05, 0) is 18.2 Å². The molecule has 0 aliphatic rings. The molecule has 20 heavy (non-hydrogen) atoms. The summed E-state index contributed by atoms with van der Waals surface area (Å²) in [6.07, 6.45) is 1.58. The van der Waals surface area contributed by atoms with Crippen LogP contribution < -0.4 is 5.32 Å². The molecule has 0 saturated carbocycles. The minimum Gasteiger partial charge on any atom is -0.478 e. The summed E-state index contributed by atoms with van der Waals surface area (Å²) in [7, 11) is 1.66. The van der Waals surface area contributed by atoms with Crippen LogP contribution in [0.25, 0.3) is 0 Å². The summed E-state index contributed by atoms with van der Waals surface area (Å²) in [6, 6.07) is 5.96. The average Bonchev–Trinajstić information content (AvgIpc) is 2.68. The van der Waals surface area contributed by atoms with Gasteiger partial charge in [-0.3, -0.25) is 4.79 Å². The van der Waals surface area contributed by atoms with E-state index in [-0.39, 0.29) is 16.3 Å². The van der Waals surface area contributed by atoms with Gasteiger partial charge in [-0.1, -0.05) is 29.3 Å². The smallest absolute Gasteiger partial charge is 0.339 e. The van der Waals surface area contributed by atoms with Crippen molar-refractivity contribution in [2.45, 2.75) is 0 Å². The number of hydrogen-bond donors (Lipinski definition) is 2. The van der Waals surface area contributed by atoms with Gasteiger partial charge in [0.05, 0.1) is 15.7 Å². The van der Waals surface area contributed by atoms with Crippen molar-refractivity contribution in [2.24, 2.45) is 7.05 Å². The molecule has 1 amide bonds. The van der Waals surface area contributed by atoms with Crippen molar-refractivity contribution in [3.63, 3.8) is 0 Å². The van der Waals surface area contributed by atoms with E-state index in [1.54, 1.807) is 23.9 Å². The van der Waals surface area contributed by atoms with Crippen molar-refractivity contribution in [1.82, 2.24) is 4.57 Å². The second kappa shape index (κ2) is 5.56. The molecule has 0 saturated heterocycles. The Labute approximate surface area is 124 Å². The number of halogens is 2. The second-order valence-corrected chi connectivity index (χ2v) is 4.92. The minimum absolute atomic E-state index is 0.0558. The summed E-state index contributed by atoms with van der Waals surface area (Å²) >= 11 is 11.6. The van der Waals surface area contributed by atoms with E-state index in [9.17, 15) is 9.59 Å². The predicted molar refractivity (Wildman–Crippen MR) is 76.8 cm³/mol. The van der Waals surface area contributed by atoms with Gasteiger partial charge in [-0.15, -0.1) is 0 Å². The van der Waals surface area contributed by atoms with Gasteiger partial charge in [0.15, 0.2) is 0 Å². The Morgan fingerprint density at radius 1 is 1.30 bits per heavy atom. The lowest BCUT2D eigenvalue weighted by Crippen LogP contribution is -2.17. The van der Waals surface area contributed by atoms with E-state index < -0.39 is 11.9 Å². The summed E-state index contributed by atoms with van der Waals surface area (Å²) in [5, 5.41) is 12.1. The Balaban J connectivity index is 2.36. The van der Waals surface area contributed by atoms with E-state index in [0.29, 0.717) is 10.7 Å². The minimum atomic E-state index is -1.21. The summed E-state index contributed by atoms with van der Waals surface area (Å²) < 4.78 is 1.54. The first kappa shape index (κ1) is 14.4. The SMILES string of the molecule is Cn1cc(Cl)cc1C(=O)Nc1cccc(Cl)c1C(=O)O. The fourth-order valence-electron chi connectivity index (χ4n) is 1.78. The summed E-state index contributed by atoms with van der Waals surface area (Å²) in [5.74, 6) is -1.68. The van der Waals surface area contributed by atoms with E-state index in [0.717, 1.165) is 0 Å². The molecule has 1 aromatic carbocycles. The van der Waals surface area contributed by atoms with Crippen LogP contribution in [0.15, 0.2) is 30.5 Å². The Bertz CT molecular complexity index is 695. The lowest BCUT2D eigenvalue weighted by molar-refractivity contribution is 0.0698. The van der Waals surface area contributed by atoms with Crippen molar-refractivity contribution in [1.29, 1.82) is 0 Å². The fraction of sp³-hybridized carbons (Fsp3) is 0.0769. The first-order valence-electron chi connectivity index (χ1n) is 5.55. The fourth-order valence-corrected chi connectivity index (χ4v) is 2.29. The standard InChI is InChI=1S/C13H10Cl2N2O3/c1-17-6-7(14)5-10(17)12(18)16-9-4-2-3-8(15)11(9)13(19)20/h2-6H,1H3,(H,16,18)(H,19,20). The summed E-state index contributed by atoms with van der Waals surface area (Å²) in [4.78, 5) is 23.3. The summed E-state index contributed by atoms with van der Waals surface area (Å²) in [6.45, 7) is 0. The zero-order valence-electron chi connectivity index (χ0n) is 10.4.